The van der Waals surface area contributed by atoms with Crippen molar-refractivity contribution in [3.63, 3.8) is 0 Å². The Hall–Kier alpha value is -4.59. The molecule has 2 aromatic heterocycles. The van der Waals surface area contributed by atoms with Crippen LogP contribution >= 0.6 is 0 Å². The Morgan fingerprint density at radius 1 is 1.15 bits per heavy atom. The molecule has 0 aliphatic heterocycles. The number of carbonyl (C=O) groups is 1. The fourth-order valence-corrected chi connectivity index (χ4v) is 3.20. The number of nitrogens with zero attached hydrogens (tertiary/aromatic N) is 1. The average molecular weight is 444 g/mol. The summed E-state index contributed by atoms with van der Waals surface area (Å²) in [5.74, 6) is 0.680. The van der Waals surface area contributed by atoms with Gasteiger partial charge in [0.1, 0.15) is 22.8 Å². The van der Waals surface area contributed by atoms with Gasteiger partial charge in [-0.3, -0.25) is 4.79 Å². The third-order valence-electron chi connectivity index (χ3n) is 4.81. The van der Waals surface area contributed by atoms with E-state index in [0.717, 1.165) is 10.9 Å². The van der Waals surface area contributed by atoms with Gasteiger partial charge >= 0.3 is 5.63 Å². The zero-order chi connectivity index (χ0) is 23.2. The summed E-state index contributed by atoms with van der Waals surface area (Å²) in [5.41, 5.74) is 2.31. The van der Waals surface area contributed by atoms with Crippen molar-refractivity contribution < 1.29 is 23.6 Å². The number of hydrogen-bond acceptors (Lipinski definition) is 7. The number of hydrogen-bond donors (Lipinski definition) is 2. The van der Waals surface area contributed by atoms with Crippen LogP contribution in [0, 0.1) is 6.92 Å². The number of fused-ring (bicyclic) bond motifs is 1. The quantitative estimate of drug-likeness (QED) is 0.186. The second-order valence-electron chi connectivity index (χ2n) is 7.15. The van der Waals surface area contributed by atoms with Crippen LogP contribution in [0.25, 0.3) is 17.0 Å². The Morgan fingerprint density at radius 3 is 2.70 bits per heavy atom. The van der Waals surface area contributed by atoms with E-state index in [9.17, 15) is 14.8 Å². The van der Waals surface area contributed by atoms with Crippen LogP contribution in [0.1, 0.15) is 16.9 Å². The van der Waals surface area contributed by atoms with Gasteiger partial charge in [-0.25, -0.2) is 4.79 Å². The Kier molecular flexibility index (Phi) is 6.36. The SMILES string of the molecule is Cc1cc(=O)oc2cc(OCC(=O)Nc3ccc(C(C=Cc4ccco4)=NO)cc3)ccc12. The number of nitrogens with one attached hydrogen (secondary N) is 1. The lowest BCUT2D eigenvalue weighted by Gasteiger charge is -2.09. The molecule has 0 spiro atoms. The molecule has 2 aromatic carbocycles. The first-order valence-corrected chi connectivity index (χ1v) is 10.0. The molecule has 0 unspecified atom stereocenters. The van der Waals surface area contributed by atoms with E-state index in [-0.39, 0.29) is 12.5 Å². The number of carbonyl (C=O) groups excluding carboxylic acids is 1. The molecule has 8 heteroatoms. The van der Waals surface area contributed by atoms with Crippen molar-refractivity contribution >= 4 is 34.4 Å². The molecular weight excluding hydrogens is 424 g/mol. The van der Waals surface area contributed by atoms with E-state index >= 15 is 0 Å². The van der Waals surface area contributed by atoms with Crippen LogP contribution < -0.4 is 15.7 Å². The highest BCUT2D eigenvalue weighted by Crippen LogP contribution is 2.22. The van der Waals surface area contributed by atoms with Gasteiger partial charge in [0.25, 0.3) is 5.91 Å². The Bertz CT molecular complexity index is 1380. The molecule has 4 rings (SSSR count). The standard InChI is InChI=1S/C25H20N2O6/c1-16-13-25(29)33-23-14-20(8-10-21(16)23)32-15-24(28)26-18-6-4-17(5-7-18)22(27-30)11-9-19-3-2-12-31-19/h2-14,30H,15H2,1H3,(H,26,28). The maximum Gasteiger partial charge on any atom is 0.336 e. The lowest BCUT2D eigenvalue weighted by Crippen LogP contribution is -2.20. The zero-order valence-electron chi connectivity index (χ0n) is 17.6. The van der Waals surface area contributed by atoms with Gasteiger partial charge in [0.15, 0.2) is 6.61 Å². The van der Waals surface area contributed by atoms with Crippen LogP contribution in [0.15, 0.2) is 91.8 Å². The van der Waals surface area contributed by atoms with Crippen molar-refractivity contribution in [1.82, 2.24) is 0 Å². The number of ether oxygens (including phenoxy) is 1. The number of rotatable bonds is 7. The largest absolute Gasteiger partial charge is 0.484 e. The summed E-state index contributed by atoms with van der Waals surface area (Å²) >= 11 is 0. The third kappa shape index (κ3) is 5.37. The maximum absolute atomic E-state index is 12.3. The molecule has 1 amide bonds. The first-order chi connectivity index (χ1) is 16.0. The molecule has 4 aromatic rings. The topological polar surface area (TPSA) is 114 Å². The lowest BCUT2D eigenvalue weighted by atomic mass is 10.1. The van der Waals surface area contributed by atoms with Crippen LogP contribution in [0.2, 0.25) is 0 Å². The lowest BCUT2D eigenvalue weighted by molar-refractivity contribution is -0.118. The van der Waals surface area contributed by atoms with Crippen molar-refractivity contribution in [3.05, 3.63) is 100 Å². The van der Waals surface area contributed by atoms with Crippen molar-refractivity contribution in [2.24, 2.45) is 5.16 Å². The van der Waals surface area contributed by atoms with Gasteiger partial charge in [-0.15, -0.1) is 0 Å². The molecule has 0 radical (unpaired) electrons. The van der Waals surface area contributed by atoms with Gasteiger partial charge < -0.3 is 24.1 Å². The molecule has 166 valence electrons. The van der Waals surface area contributed by atoms with E-state index in [1.165, 1.54) is 6.07 Å². The minimum atomic E-state index is -0.441. The van der Waals surface area contributed by atoms with Crippen LogP contribution in [-0.4, -0.2) is 23.4 Å². The fourth-order valence-electron chi connectivity index (χ4n) is 3.20. The van der Waals surface area contributed by atoms with Crippen molar-refractivity contribution in [3.8, 4) is 5.75 Å². The maximum atomic E-state index is 12.3. The van der Waals surface area contributed by atoms with Gasteiger partial charge in [-0.2, -0.15) is 0 Å². The molecule has 33 heavy (non-hydrogen) atoms. The molecule has 2 N–H and O–H groups in total. The van der Waals surface area contributed by atoms with E-state index in [0.29, 0.717) is 34.1 Å². The molecular formula is C25H20N2O6. The second kappa shape index (κ2) is 9.69. The number of aryl methyl sites for hydroxylation is 1. The van der Waals surface area contributed by atoms with E-state index in [4.69, 9.17) is 13.6 Å². The molecule has 0 saturated carbocycles. The van der Waals surface area contributed by atoms with E-state index in [1.807, 2.05) is 6.92 Å². The van der Waals surface area contributed by atoms with Gasteiger partial charge in [0, 0.05) is 28.8 Å². The Balaban J connectivity index is 1.36. The van der Waals surface area contributed by atoms with E-state index in [1.54, 1.807) is 73.0 Å². The van der Waals surface area contributed by atoms with Crippen LogP contribution in [0.5, 0.6) is 5.75 Å². The molecule has 8 nitrogen and oxygen atoms in total. The molecule has 0 aliphatic carbocycles. The minimum absolute atomic E-state index is 0.224. The smallest absolute Gasteiger partial charge is 0.336 e. The summed E-state index contributed by atoms with van der Waals surface area (Å²) in [7, 11) is 0. The van der Waals surface area contributed by atoms with E-state index < -0.39 is 5.63 Å². The molecule has 0 fully saturated rings. The van der Waals surface area contributed by atoms with Crippen molar-refractivity contribution in [1.29, 1.82) is 0 Å². The highest BCUT2D eigenvalue weighted by Gasteiger charge is 2.08. The molecule has 2 heterocycles. The summed E-state index contributed by atoms with van der Waals surface area (Å²) in [6, 6.07) is 16.8. The van der Waals surface area contributed by atoms with Crippen molar-refractivity contribution in [2.75, 3.05) is 11.9 Å². The number of benzene rings is 2. The van der Waals surface area contributed by atoms with Gasteiger partial charge in [-0.1, -0.05) is 17.3 Å². The van der Waals surface area contributed by atoms with Crippen molar-refractivity contribution in [2.45, 2.75) is 6.92 Å². The van der Waals surface area contributed by atoms with Crippen LogP contribution in [0.4, 0.5) is 5.69 Å². The summed E-state index contributed by atoms with van der Waals surface area (Å²) in [6.07, 6.45) is 4.85. The predicted molar refractivity (Wildman–Crippen MR) is 124 cm³/mol. The zero-order valence-corrected chi connectivity index (χ0v) is 17.6. The highest BCUT2D eigenvalue weighted by molar-refractivity contribution is 6.10. The highest BCUT2D eigenvalue weighted by atomic mass is 16.5. The summed E-state index contributed by atoms with van der Waals surface area (Å²) in [5, 5.41) is 16.1. The normalized spacial score (nSPS) is 11.7. The molecule has 0 bridgehead atoms. The summed E-state index contributed by atoms with van der Waals surface area (Å²) in [4.78, 5) is 23.8. The second-order valence-corrected chi connectivity index (χ2v) is 7.15. The first-order valence-electron chi connectivity index (χ1n) is 10.0. The fraction of sp³-hybridized carbons (Fsp3) is 0.0800. The van der Waals surface area contributed by atoms with Gasteiger partial charge in [0.05, 0.1) is 6.26 Å². The van der Waals surface area contributed by atoms with Crippen LogP contribution in [-0.2, 0) is 4.79 Å². The van der Waals surface area contributed by atoms with Crippen LogP contribution in [0.3, 0.4) is 0 Å². The van der Waals surface area contributed by atoms with E-state index in [2.05, 4.69) is 10.5 Å². The Labute approximate surface area is 188 Å². The molecule has 0 atom stereocenters. The molecule has 0 saturated heterocycles. The number of allylic oxidation sites excluding steroid dienone is 1. The van der Waals surface area contributed by atoms with Gasteiger partial charge in [-0.05, 0) is 61.0 Å². The number of furan rings is 1. The third-order valence-corrected chi connectivity index (χ3v) is 4.81. The monoisotopic (exact) mass is 444 g/mol. The van der Waals surface area contributed by atoms with Gasteiger partial charge in [0.2, 0.25) is 0 Å². The predicted octanol–water partition coefficient (Wildman–Crippen LogP) is 4.60. The number of anilines is 1. The number of amides is 1. The minimum Gasteiger partial charge on any atom is -0.484 e. The first kappa shape index (κ1) is 21.6. The summed E-state index contributed by atoms with van der Waals surface area (Å²) in [6.45, 7) is 1.60. The molecule has 0 aliphatic rings. The summed E-state index contributed by atoms with van der Waals surface area (Å²) < 4.78 is 15.9. The Morgan fingerprint density at radius 2 is 1.97 bits per heavy atom. The average Bonchev–Trinajstić information content (AvgIpc) is 3.32. The number of oxime groups is 1.